The van der Waals surface area contributed by atoms with E-state index < -0.39 is 16.1 Å². The van der Waals surface area contributed by atoms with Crippen LogP contribution < -0.4 is 0 Å². The van der Waals surface area contributed by atoms with Crippen molar-refractivity contribution >= 4 is 26.5 Å². The number of rotatable bonds is 0. The second-order valence-electron chi connectivity index (χ2n) is 2.65. The summed E-state index contributed by atoms with van der Waals surface area (Å²) in [6, 6.07) is -1.55. The van der Waals surface area contributed by atoms with Crippen LogP contribution >= 0.6 is 22.6 Å². The fraction of sp³-hybridized carbons (Fsp3) is 0.833. The van der Waals surface area contributed by atoms with Gasteiger partial charge in [-0.25, -0.2) is 0 Å². The van der Waals surface area contributed by atoms with Gasteiger partial charge >= 0.3 is 6.18 Å². The topological polar surface area (TPSA) is 20.3 Å². The molecule has 2 nitrogen and oxygen atoms in total. The monoisotopic (exact) mass is 293 g/mol. The first kappa shape index (κ1) is 10.1. The molecule has 1 heterocycles. The normalized spacial score (nSPS) is 24.7. The van der Waals surface area contributed by atoms with Gasteiger partial charge in [-0.2, -0.15) is 13.2 Å². The highest BCUT2D eigenvalue weighted by Gasteiger charge is 2.47. The van der Waals surface area contributed by atoms with E-state index in [1.807, 2.05) is 0 Å². The van der Waals surface area contributed by atoms with E-state index in [1.54, 1.807) is 0 Å². The van der Waals surface area contributed by atoms with Crippen LogP contribution in [0, 0.1) is 0 Å². The zero-order valence-corrected chi connectivity index (χ0v) is 8.22. The van der Waals surface area contributed by atoms with E-state index in [2.05, 4.69) is 0 Å². The number of nitrogens with zero attached hydrogens (tertiary/aromatic N) is 1. The molecule has 1 saturated heterocycles. The van der Waals surface area contributed by atoms with Gasteiger partial charge in [0.2, 0.25) is 0 Å². The molecule has 0 spiro atoms. The van der Waals surface area contributed by atoms with Crippen molar-refractivity contribution in [3.05, 3.63) is 0 Å². The molecule has 1 amide bonds. The van der Waals surface area contributed by atoms with E-state index in [9.17, 15) is 18.0 Å². The summed E-state index contributed by atoms with van der Waals surface area (Å²) < 4.78 is 36.0. The van der Waals surface area contributed by atoms with Crippen LogP contribution in [-0.4, -0.2) is 27.6 Å². The largest absolute Gasteiger partial charge is 0.408 e. The molecule has 0 radical (unpaired) electrons. The van der Waals surface area contributed by atoms with Gasteiger partial charge < -0.3 is 4.90 Å². The lowest BCUT2D eigenvalue weighted by molar-refractivity contribution is -0.167. The Labute approximate surface area is 81.2 Å². The molecule has 1 aliphatic heterocycles. The second kappa shape index (κ2) is 3.39. The highest BCUT2D eigenvalue weighted by Crippen LogP contribution is 2.33. The quantitative estimate of drug-likeness (QED) is 0.382. The minimum atomic E-state index is -4.27. The number of carbonyl (C=O) groups is 1. The molecule has 70 valence electrons. The Morgan fingerprint density at radius 1 is 1.50 bits per heavy atom. The molecule has 6 heteroatoms. The van der Waals surface area contributed by atoms with Crippen molar-refractivity contribution in [2.75, 3.05) is 6.54 Å². The Balaban J connectivity index is 2.71. The molecule has 0 aromatic carbocycles. The number of carbonyl (C=O) groups excluding carboxylic acids is 1. The first-order chi connectivity index (χ1) is 5.43. The first-order valence-corrected chi connectivity index (χ1v) is 4.53. The zero-order chi connectivity index (χ0) is 9.35. The van der Waals surface area contributed by atoms with Gasteiger partial charge in [-0.05, 0) is 12.8 Å². The summed E-state index contributed by atoms with van der Waals surface area (Å²) in [6.07, 6.45) is -3.78. The van der Waals surface area contributed by atoms with Crippen molar-refractivity contribution in [1.29, 1.82) is 0 Å². The van der Waals surface area contributed by atoms with E-state index in [-0.39, 0.29) is 13.0 Å². The Morgan fingerprint density at radius 2 is 2.08 bits per heavy atom. The number of alkyl halides is 3. The molecule has 0 N–H and O–H groups in total. The summed E-state index contributed by atoms with van der Waals surface area (Å²) in [5, 5.41) is 0. The standard InChI is InChI=1S/C6H7F3INO/c7-6(8,9)4-2-1-3-11(4)5(10)12/h4H,1-3H2/t4-/m1/s1. The van der Waals surface area contributed by atoms with Gasteiger partial charge in [-0.15, -0.1) is 0 Å². The van der Waals surface area contributed by atoms with Gasteiger partial charge in [-0.1, -0.05) is 0 Å². The third-order valence-electron chi connectivity index (χ3n) is 1.86. The molecular formula is C6H7F3INO. The number of halogens is 4. The van der Waals surface area contributed by atoms with Gasteiger partial charge in [0.15, 0.2) is 0 Å². The third-order valence-corrected chi connectivity index (χ3v) is 2.48. The first-order valence-electron chi connectivity index (χ1n) is 3.46. The van der Waals surface area contributed by atoms with Gasteiger partial charge in [0.05, 0.1) is 0 Å². The number of hydrogen-bond donors (Lipinski definition) is 0. The fourth-order valence-electron chi connectivity index (χ4n) is 1.32. The van der Waals surface area contributed by atoms with E-state index in [1.165, 1.54) is 22.6 Å². The molecule has 0 aromatic heterocycles. The summed E-state index contributed by atoms with van der Waals surface area (Å²) in [5.41, 5.74) is 0. The number of likely N-dealkylation sites (tertiary alicyclic amines) is 1. The Bertz CT molecular complexity index is 194. The number of hydrogen-bond acceptors (Lipinski definition) is 1. The SMILES string of the molecule is O=C(I)N1CCC[C@@H]1C(F)(F)F. The van der Waals surface area contributed by atoms with E-state index in [0.717, 1.165) is 4.90 Å². The predicted octanol–water partition coefficient (Wildman–Crippen LogP) is 2.57. The lowest BCUT2D eigenvalue weighted by atomic mass is 10.2. The van der Waals surface area contributed by atoms with E-state index in [4.69, 9.17) is 0 Å². The highest BCUT2D eigenvalue weighted by molar-refractivity contribution is 14.1. The van der Waals surface area contributed by atoms with Gasteiger partial charge in [0.1, 0.15) is 6.04 Å². The lowest BCUT2D eigenvalue weighted by Gasteiger charge is -2.24. The summed E-state index contributed by atoms with van der Waals surface area (Å²) in [6.45, 7) is 0.228. The minimum absolute atomic E-state index is 0.0399. The molecule has 12 heavy (non-hydrogen) atoms. The maximum Gasteiger partial charge on any atom is 0.408 e. The maximum atomic E-state index is 12.2. The summed E-state index contributed by atoms with van der Waals surface area (Å²) >= 11 is 1.39. The van der Waals surface area contributed by atoms with Crippen LogP contribution in [0.4, 0.5) is 18.0 Å². The Morgan fingerprint density at radius 3 is 2.42 bits per heavy atom. The Kier molecular flexibility index (Phi) is 2.84. The fourth-order valence-corrected chi connectivity index (χ4v) is 1.89. The Hall–Kier alpha value is -0.0100. The summed E-state index contributed by atoms with van der Waals surface area (Å²) in [7, 11) is 0. The van der Waals surface area contributed by atoms with Gasteiger partial charge in [0, 0.05) is 29.1 Å². The third kappa shape index (κ3) is 2.02. The van der Waals surface area contributed by atoms with Crippen LogP contribution in [0.25, 0.3) is 0 Å². The average Bonchev–Trinajstić information content (AvgIpc) is 2.30. The highest BCUT2D eigenvalue weighted by atomic mass is 127. The van der Waals surface area contributed by atoms with Crippen LogP contribution in [0.15, 0.2) is 0 Å². The summed E-state index contributed by atoms with van der Waals surface area (Å²) in [5.74, 6) is 0. The predicted molar refractivity (Wildman–Crippen MR) is 45.2 cm³/mol. The van der Waals surface area contributed by atoms with Crippen molar-refractivity contribution in [2.45, 2.75) is 25.1 Å². The molecular weight excluding hydrogens is 286 g/mol. The smallest absolute Gasteiger partial charge is 0.322 e. The van der Waals surface area contributed by atoms with E-state index >= 15 is 0 Å². The number of amides is 1. The van der Waals surface area contributed by atoms with Crippen LogP contribution in [0.5, 0.6) is 0 Å². The molecule has 1 atom stereocenters. The molecule has 1 aliphatic rings. The molecule has 1 fully saturated rings. The van der Waals surface area contributed by atoms with Crippen molar-refractivity contribution in [2.24, 2.45) is 0 Å². The molecule has 0 saturated carbocycles. The van der Waals surface area contributed by atoms with Crippen molar-refractivity contribution in [1.82, 2.24) is 4.90 Å². The average molecular weight is 293 g/mol. The van der Waals surface area contributed by atoms with Gasteiger partial charge in [-0.3, -0.25) is 4.79 Å². The molecule has 1 rings (SSSR count). The second-order valence-corrected chi connectivity index (χ2v) is 3.57. The molecule has 0 bridgehead atoms. The van der Waals surface area contributed by atoms with Crippen LogP contribution in [0.2, 0.25) is 0 Å². The molecule has 0 aromatic rings. The zero-order valence-electron chi connectivity index (χ0n) is 6.07. The van der Waals surface area contributed by atoms with Crippen molar-refractivity contribution in [3.8, 4) is 0 Å². The molecule has 0 unspecified atom stereocenters. The van der Waals surface area contributed by atoms with E-state index in [0.29, 0.717) is 6.42 Å². The maximum absolute atomic E-state index is 12.2. The van der Waals surface area contributed by atoms with Crippen LogP contribution in [-0.2, 0) is 0 Å². The van der Waals surface area contributed by atoms with Gasteiger partial charge in [0.25, 0.3) is 3.91 Å². The summed E-state index contributed by atoms with van der Waals surface area (Å²) in [4.78, 5) is 11.6. The van der Waals surface area contributed by atoms with Crippen molar-refractivity contribution < 1.29 is 18.0 Å². The minimum Gasteiger partial charge on any atom is -0.322 e. The van der Waals surface area contributed by atoms with Crippen LogP contribution in [0.3, 0.4) is 0 Å². The van der Waals surface area contributed by atoms with Crippen LogP contribution in [0.1, 0.15) is 12.8 Å². The lowest BCUT2D eigenvalue weighted by Crippen LogP contribution is -2.42. The van der Waals surface area contributed by atoms with Crippen molar-refractivity contribution in [3.63, 3.8) is 0 Å². The molecule has 0 aliphatic carbocycles.